The van der Waals surface area contributed by atoms with Crippen molar-refractivity contribution in [1.29, 1.82) is 0 Å². The molecule has 0 amide bonds. The monoisotopic (exact) mass is 277 g/mol. The lowest BCUT2D eigenvalue weighted by molar-refractivity contribution is 0.905. The zero-order valence-electron chi connectivity index (χ0n) is 10.4. The smallest absolute Gasteiger partial charge is 0.129 e. The Bertz CT molecular complexity index is 549. The van der Waals surface area contributed by atoms with Crippen LogP contribution in [-0.4, -0.2) is 17.0 Å². The maximum absolute atomic E-state index is 5.67. The fraction of sp³-hybridized carbons (Fsp3) is 0.231. The molecule has 0 spiro atoms. The number of rotatable bonds is 4. The van der Waals surface area contributed by atoms with Crippen LogP contribution in [0.15, 0.2) is 29.6 Å². The summed E-state index contributed by atoms with van der Waals surface area (Å²) in [5.74, 6) is 0.895. The molecule has 0 aliphatic heterocycles. The van der Waals surface area contributed by atoms with E-state index in [0.717, 1.165) is 23.6 Å². The van der Waals surface area contributed by atoms with Gasteiger partial charge in [0.05, 0.1) is 6.54 Å². The largest absolute Gasteiger partial charge is 0.389 e. The van der Waals surface area contributed by atoms with Crippen LogP contribution in [0.1, 0.15) is 16.1 Å². The molecule has 5 heteroatoms. The fourth-order valence-electron chi connectivity index (χ4n) is 1.71. The van der Waals surface area contributed by atoms with Crippen LogP contribution >= 0.6 is 23.6 Å². The molecule has 0 bridgehead atoms. The van der Waals surface area contributed by atoms with E-state index in [1.807, 2.05) is 26.1 Å². The number of nitrogens with zero attached hydrogens (tertiary/aromatic N) is 2. The molecule has 3 nitrogen and oxygen atoms in total. The summed E-state index contributed by atoms with van der Waals surface area (Å²) in [7, 11) is 2.02. The third kappa shape index (κ3) is 3.05. The lowest BCUT2D eigenvalue weighted by Crippen LogP contribution is -2.19. The van der Waals surface area contributed by atoms with Crippen molar-refractivity contribution in [3.8, 4) is 0 Å². The van der Waals surface area contributed by atoms with Crippen LogP contribution in [0.4, 0.5) is 5.82 Å². The van der Waals surface area contributed by atoms with Crippen LogP contribution in [0.3, 0.4) is 0 Å². The quantitative estimate of drug-likeness (QED) is 0.873. The van der Waals surface area contributed by atoms with E-state index < -0.39 is 0 Å². The second kappa shape index (κ2) is 5.46. The molecule has 0 unspecified atom stereocenters. The Balaban J connectivity index is 2.24. The first-order valence-electron chi connectivity index (χ1n) is 5.58. The van der Waals surface area contributed by atoms with Crippen molar-refractivity contribution in [2.45, 2.75) is 13.5 Å². The molecular formula is C13H15N3S2. The molecule has 2 N–H and O–H groups in total. The Hall–Kier alpha value is -1.46. The van der Waals surface area contributed by atoms with Crippen molar-refractivity contribution in [1.82, 2.24) is 4.98 Å². The van der Waals surface area contributed by atoms with E-state index in [2.05, 4.69) is 27.4 Å². The number of anilines is 1. The van der Waals surface area contributed by atoms with Crippen molar-refractivity contribution in [3.63, 3.8) is 0 Å². The average molecular weight is 277 g/mol. The second-order valence-corrected chi connectivity index (χ2v) is 5.63. The van der Waals surface area contributed by atoms with Crippen molar-refractivity contribution >= 4 is 34.4 Å². The van der Waals surface area contributed by atoms with E-state index in [1.54, 1.807) is 11.3 Å². The third-order valence-electron chi connectivity index (χ3n) is 2.59. The van der Waals surface area contributed by atoms with Crippen molar-refractivity contribution in [2.75, 3.05) is 11.9 Å². The van der Waals surface area contributed by atoms with E-state index in [0.29, 0.717) is 4.99 Å². The van der Waals surface area contributed by atoms with Crippen molar-refractivity contribution in [3.05, 3.63) is 45.8 Å². The van der Waals surface area contributed by atoms with Crippen LogP contribution in [0.25, 0.3) is 0 Å². The Labute approximate surface area is 116 Å². The van der Waals surface area contributed by atoms with E-state index >= 15 is 0 Å². The minimum Gasteiger partial charge on any atom is -0.389 e. The molecule has 0 aliphatic carbocycles. The number of aryl methyl sites for hydroxylation is 1. The van der Waals surface area contributed by atoms with Gasteiger partial charge in [-0.05, 0) is 30.5 Å². The zero-order chi connectivity index (χ0) is 13.1. The molecular weight excluding hydrogens is 262 g/mol. The Kier molecular flexibility index (Phi) is 3.93. The Morgan fingerprint density at radius 1 is 1.50 bits per heavy atom. The van der Waals surface area contributed by atoms with Crippen LogP contribution < -0.4 is 10.6 Å². The molecule has 0 saturated heterocycles. The summed E-state index contributed by atoms with van der Waals surface area (Å²) in [6, 6.07) is 8.01. The van der Waals surface area contributed by atoms with Gasteiger partial charge in [-0.3, -0.25) is 0 Å². The Morgan fingerprint density at radius 3 is 2.89 bits per heavy atom. The van der Waals surface area contributed by atoms with Gasteiger partial charge in [-0.15, -0.1) is 11.3 Å². The first kappa shape index (κ1) is 13.0. The molecule has 2 aromatic heterocycles. The highest BCUT2D eigenvalue weighted by Gasteiger charge is 2.08. The molecule has 0 fully saturated rings. The standard InChI is InChI=1S/C13H15N3S2/c1-9-6-10(13(14)17)7-12(15-9)16(2)8-11-4-3-5-18-11/h3-7H,8H2,1-2H3,(H2,14,17). The van der Waals surface area contributed by atoms with Crippen molar-refractivity contribution < 1.29 is 0 Å². The highest BCUT2D eigenvalue weighted by Crippen LogP contribution is 2.18. The predicted molar refractivity (Wildman–Crippen MR) is 81.3 cm³/mol. The number of hydrogen-bond donors (Lipinski definition) is 1. The van der Waals surface area contributed by atoms with E-state index in [-0.39, 0.29) is 0 Å². The second-order valence-electron chi connectivity index (χ2n) is 4.16. The van der Waals surface area contributed by atoms with Gasteiger partial charge < -0.3 is 10.6 Å². The minimum absolute atomic E-state index is 0.409. The van der Waals surface area contributed by atoms with Gasteiger partial charge in [0.25, 0.3) is 0 Å². The molecule has 0 aliphatic rings. The lowest BCUT2D eigenvalue weighted by Gasteiger charge is -2.18. The predicted octanol–water partition coefficient (Wildman–Crippen LogP) is 2.72. The van der Waals surface area contributed by atoms with Gasteiger partial charge in [0.2, 0.25) is 0 Å². The van der Waals surface area contributed by atoms with Gasteiger partial charge in [0, 0.05) is 23.2 Å². The summed E-state index contributed by atoms with van der Waals surface area (Å²) in [6.07, 6.45) is 0. The lowest BCUT2D eigenvalue weighted by atomic mass is 10.2. The van der Waals surface area contributed by atoms with E-state index in [4.69, 9.17) is 18.0 Å². The maximum Gasteiger partial charge on any atom is 0.129 e. The number of hydrogen-bond acceptors (Lipinski definition) is 4. The molecule has 2 rings (SSSR count). The van der Waals surface area contributed by atoms with Gasteiger partial charge >= 0.3 is 0 Å². The number of thiocarbonyl (C=S) groups is 1. The summed E-state index contributed by atoms with van der Waals surface area (Å²) >= 11 is 6.76. The van der Waals surface area contributed by atoms with Crippen LogP contribution in [-0.2, 0) is 6.54 Å². The topological polar surface area (TPSA) is 42.1 Å². The fourth-order valence-corrected chi connectivity index (χ4v) is 2.58. The summed E-state index contributed by atoms with van der Waals surface area (Å²) in [5.41, 5.74) is 7.47. The summed E-state index contributed by atoms with van der Waals surface area (Å²) in [6.45, 7) is 2.79. The molecule has 0 aromatic carbocycles. The molecule has 2 heterocycles. The highest BCUT2D eigenvalue weighted by molar-refractivity contribution is 7.80. The summed E-state index contributed by atoms with van der Waals surface area (Å²) in [5, 5.41) is 2.08. The van der Waals surface area contributed by atoms with Gasteiger partial charge in [-0.2, -0.15) is 0 Å². The summed E-state index contributed by atoms with van der Waals surface area (Å²) in [4.78, 5) is 8.32. The summed E-state index contributed by atoms with van der Waals surface area (Å²) < 4.78 is 0. The van der Waals surface area contributed by atoms with Gasteiger partial charge in [0.1, 0.15) is 10.8 Å². The molecule has 0 atom stereocenters. The molecule has 94 valence electrons. The number of nitrogens with two attached hydrogens (primary N) is 1. The average Bonchev–Trinajstić information content (AvgIpc) is 2.80. The van der Waals surface area contributed by atoms with Gasteiger partial charge in [0.15, 0.2) is 0 Å². The molecule has 0 radical (unpaired) electrons. The van der Waals surface area contributed by atoms with E-state index in [1.165, 1.54) is 4.88 Å². The first-order chi connectivity index (χ1) is 8.56. The van der Waals surface area contributed by atoms with Crippen LogP contribution in [0.5, 0.6) is 0 Å². The van der Waals surface area contributed by atoms with Gasteiger partial charge in [-0.1, -0.05) is 18.3 Å². The minimum atomic E-state index is 0.409. The Morgan fingerprint density at radius 2 is 2.28 bits per heavy atom. The van der Waals surface area contributed by atoms with Crippen LogP contribution in [0.2, 0.25) is 0 Å². The maximum atomic E-state index is 5.67. The number of thiophene rings is 1. The highest BCUT2D eigenvalue weighted by atomic mass is 32.1. The third-order valence-corrected chi connectivity index (χ3v) is 3.69. The van der Waals surface area contributed by atoms with E-state index in [9.17, 15) is 0 Å². The van der Waals surface area contributed by atoms with Gasteiger partial charge in [-0.25, -0.2) is 4.98 Å². The zero-order valence-corrected chi connectivity index (χ0v) is 12.0. The molecule has 18 heavy (non-hydrogen) atoms. The molecule has 2 aromatic rings. The first-order valence-corrected chi connectivity index (χ1v) is 6.87. The van der Waals surface area contributed by atoms with Crippen LogP contribution in [0, 0.1) is 6.92 Å². The normalized spacial score (nSPS) is 10.3. The number of aromatic nitrogens is 1. The SMILES string of the molecule is Cc1cc(C(N)=S)cc(N(C)Cc2cccs2)n1. The van der Waals surface area contributed by atoms with Crippen molar-refractivity contribution in [2.24, 2.45) is 5.73 Å². The molecule has 0 saturated carbocycles. The number of pyridine rings is 1.